The van der Waals surface area contributed by atoms with Gasteiger partial charge in [0.2, 0.25) is 35.3 Å². The molecule has 25 heteroatoms. The zero-order chi connectivity index (χ0) is 95.7. The zero-order valence-electron chi connectivity index (χ0n) is 79.4. The van der Waals surface area contributed by atoms with Crippen molar-refractivity contribution in [2.45, 2.75) is 340 Å². The number of carbonyl (C=O) groups excluding carboxylic acids is 11. The molecule has 5 rings (SSSR count). The Hall–Kier alpha value is -8.63. The number of sulfone groups is 1. The predicted molar refractivity (Wildman–Crippen MR) is 477 cm³/mol. The quantitative estimate of drug-likeness (QED) is 0.0416. The van der Waals surface area contributed by atoms with Crippen molar-refractivity contribution in [1.82, 2.24) is 20.4 Å². The molecule has 118 heavy (non-hydrogen) atoms. The molecular weight excluding hydrogens is 1530 g/mol. The second kappa shape index (κ2) is 57.5. The lowest BCUT2D eigenvalue weighted by molar-refractivity contribution is -0.156. The maximum atomic E-state index is 12.7. The molecule has 0 aromatic carbocycles. The molecule has 0 aromatic heterocycles. The third-order valence-electron chi connectivity index (χ3n) is 14.6. The molecule has 0 saturated heterocycles. The van der Waals surface area contributed by atoms with E-state index < -0.39 is 43.6 Å². The lowest BCUT2D eigenvalue weighted by atomic mass is 9.91. The number of amides is 6. The highest BCUT2D eigenvalue weighted by Gasteiger charge is 2.56. The van der Waals surface area contributed by atoms with Crippen molar-refractivity contribution in [1.29, 1.82) is 0 Å². The monoisotopic (exact) mass is 1690 g/mol. The number of carbonyl (C=O) groups is 11. The van der Waals surface area contributed by atoms with Crippen LogP contribution in [-0.2, 0) is 72.1 Å². The van der Waals surface area contributed by atoms with Gasteiger partial charge in [0.25, 0.3) is 5.91 Å². The summed E-state index contributed by atoms with van der Waals surface area (Å²) in [6.45, 7) is 77.5. The fourth-order valence-corrected chi connectivity index (χ4v) is 8.20. The van der Waals surface area contributed by atoms with E-state index in [-0.39, 0.29) is 119 Å². The summed E-state index contributed by atoms with van der Waals surface area (Å²) in [7, 11) is -3.07. The number of primary amides is 2. The molecule has 1 fully saturated rings. The summed E-state index contributed by atoms with van der Waals surface area (Å²) in [6, 6.07) is 0. The highest BCUT2D eigenvalue weighted by atomic mass is 32.2. The minimum Gasteiger partial charge on any atom is -0.464 e. The molecule has 0 atom stereocenters. The van der Waals surface area contributed by atoms with E-state index in [4.69, 9.17) is 35.5 Å². The molecule has 0 spiro atoms. The van der Waals surface area contributed by atoms with Crippen LogP contribution in [0.4, 0.5) is 13.2 Å². The van der Waals surface area contributed by atoms with Crippen molar-refractivity contribution >= 4 is 74.6 Å². The van der Waals surface area contributed by atoms with Crippen LogP contribution >= 0.6 is 0 Å². The van der Waals surface area contributed by atoms with Gasteiger partial charge in [0, 0.05) is 80.2 Å². The van der Waals surface area contributed by atoms with Gasteiger partial charge in [-0.05, 0) is 235 Å². The Morgan fingerprint density at radius 1 is 0.568 bits per heavy atom. The second-order valence-electron chi connectivity index (χ2n) is 39.0. The molecule has 6 N–H and O–H groups in total. The van der Waals surface area contributed by atoms with Gasteiger partial charge in [-0.1, -0.05) is 150 Å². The standard InChI is InChI=1S/C11H18O3.C9H16FNO.C9H15NO.C8H13NO.C8H12O2.C7H10FNO.C7H11NO.C7H12O.C7H10O.C6H8FNO.C6H12O2S.2C4H10/c1-8(12)11(5-6-11)9(13)14-7-10(2,3)4;1-6(7(2)10)8(12)11-9(3,4)5;1-9(2,3)10-7-5-4-6-8(10)11;1-8(2,3)9-6-4-5-7(9)10;1-5-7(9)10-6-8(2,3)4;8-6-4-2-1-3-5(6)7(9)10;1-5-6(9)8-7(2,3)4;2*1-5-6(8)7(2,3)4;7-5-3-1-2-4(5)6(8)9;1-5-9(7,8)6(2,3)4;2*1-4(2)3/h5-7H2,1-4H3;1-5H3,(H,11,12);4,6H,5,7H2,1-3H3;4-5H,6H2,1-3H3;1H,6H2,2-4H3;1-4H2,(H2,9,10);1H,2-4H3,(H,8,9);5H,1H2,2-4H3;1H,2-4H3;1-3H2,(H2,8,9);5H,1H2,2-4H3;2*4H,1-3H3/b;7-6-;;;;;;;;;;;. The molecule has 5 aliphatic rings. The van der Waals surface area contributed by atoms with Crippen molar-refractivity contribution < 1.29 is 83.8 Å². The number of halogens is 3. The first kappa shape index (κ1) is 125. The molecular formula is C93H157F3N6O15S. The first-order valence-electron chi connectivity index (χ1n) is 39.7. The van der Waals surface area contributed by atoms with Crippen LogP contribution in [0.3, 0.4) is 0 Å². The van der Waals surface area contributed by atoms with Gasteiger partial charge in [-0.3, -0.25) is 47.9 Å². The smallest absolute Gasteiger partial charge is 0.384 e. The Bertz CT molecular complexity index is 3640. The van der Waals surface area contributed by atoms with Crippen LogP contribution in [0.5, 0.6) is 0 Å². The van der Waals surface area contributed by atoms with Gasteiger partial charge in [-0.25, -0.2) is 26.4 Å². The van der Waals surface area contributed by atoms with Crippen LogP contribution in [0, 0.1) is 75.9 Å². The number of allylic oxidation sites excluding steroid dienone is 4. The van der Waals surface area contributed by atoms with E-state index in [9.17, 15) is 74.3 Å². The van der Waals surface area contributed by atoms with Gasteiger partial charge in [0.1, 0.15) is 28.7 Å². The van der Waals surface area contributed by atoms with Gasteiger partial charge in [-0.2, -0.15) is 0 Å². The van der Waals surface area contributed by atoms with Crippen LogP contribution in [0.1, 0.15) is 313 Å². The average molecular weight is 1690 g/mol. The molecule has 21 nitrogen and oxygen atoms in total. The van der Waals surface area contributed by atoms with E-state index in [1.165, 1.54) is 26.8 Å². The van der Waals surface area contributed by atoms with Crippen LogP contribution in [0.15, 0.2) is 83.1 Å². The summed E-state index contributed by atoms with van der Waals surface area (Å²) in [4.78, 5) is 123. The van der Waals surface area contributed by atoms with Crippen molar-refractivity contribution in [3.8, 4) is 37.0 Å². The Balaban J connectivity index is -0.000000187. The number of ketones is 3. The van der Waals surface area contributed by atoms with E-state index in [2.05, 4.69) is 96.8 Å². The number of nitrogens with zero attached hydrogens (tertiary/aromatic N) is 2. The number of Topliss-reactive ketones (excluding diaryl/α,β-unsaturated/α-hetero) is 2. The number of nitrogens with two attached hydrogens (primary N) is 2. The average Bonchev–Trinajstić information content (AvgIpc) is 1.62. The number of rotatable bonds is 9. The van der Waals surface area contributed by atoms with Crippen LogP contribution in [-0.4, -0.2) is 136 Å². The molecule has 0 aromatic rings. The van der Waals surface area contributed by atoms with Crippen molar-refractivity contribution in [3.05, 3.63) is 83.1 Å². The van der Waals surface area contributed by atoms with E-state index in [0.29, 0.717) is 51.7 Å². The number of hydrogen-bond acceptors (Lipinski definition) is 15. The van der Waals surface area contributed by atoms with E-state index in [1.807, 2.05) is 158 Å². The SMILES string of the molecule is C#CC(=O)C(C)(C)C.C#CC(=O)NC(C)(C)C.C#CC(=O)OCC(C)(C)C.C/C(F)=C(\C)C(=O)NC(C)(C)C.C=CC(=O)C(C)(C)C.C=CS(=O)(=O)C(C)(C)C.CC(=O)C1(C(=O)OCC(C)(C)C)CC1.CC(C)(C)N1CC=CC1=O.CC(C)(C)N1CCC=CC1=O.CC(C)C.CC(C)C.NC(=O)C1=C(F)CCC1.NC(=O)C1=C(F)CCCC1. The normalized spacial score (nSPS) is 14.8. The predicted octanol–water partition coefficient (Wildman–Crippen LogP) is 18.4. The maximum Gasteiger partial charge on any atom is 0.384 e. The minimum absolute atomic E-state index is 0.00743. The van der Waals surface area contributed by atoms with Crippen LogP contribution in [0.2, 0.25) is 0 Å². The third kappa shape index (κ3) is 69.3. The first-order valence-corrected chi connectivity index (χ1v) is 41.3. The van der Waals surface area contributed by atoms with Crippen molar-refractivity contribution in [3.63, 3.8) is 0 Å². The molecule has 0 unspecified atom stereocenters. The summed E-state index contributed by atoms with van der Waals surface area (Å²) in [6.07, 6.45) is 29.5. The Kier molecular flexibility index (Phi) is 60.9. The Morgan fingerprint density at radius 3 is 1.13 bits per heavy atom. The van der Waals surface area contributed by atoms with Gasteiger partial charge in [-0.15, -0.1) is 19.3 Å². The molecule has 2 aliphatic heterocycles. The molecule has 0 bridgehead atoms. The van der Waals surface area contributed by atoms with Gasteiger partial charge >= 0.3 is 11.9 Å². The summed E-state index contributed by atoms with van der Waals surface area (Å²) in [5, 5.41) is 6.25. The summed E-state index contributed by atoms with van der Waals surface area (Å²) in [5.74, 6) is 3.86. The fourth-order valence-electron chi connectivity index (χ4n) is 7.70. The van der Waals surface area contributed by atoms with Crippen LogP contribution < -0.4 is 22.1 Å². The number of esters is 2. The molecule has 676 valence electrons. The Labute approximate surface area is 712 Å². The largest absolute Gasteiger partial charge is 0.464 e. The van der Waals surface area contributed by atoms with E-state index >= 15 is 0 Å². The van der Waals surface area contributed by atoms with Gasteiger partial charge < -0.3 is 41.4 Å². The molecule has 0 radical (unpaired) electrons. The second-order valence-corrected chi connectivity index (χ2v) is 41.7. The molecule has 3 aliphatic carbocycles. The lowest BCUT2D eigenvalue weighted by Crippen LogP contribution is -2.46. The highest BCUT2D eigenvalue weighted by Crippen LogP contribution is 2.47. The first-order chi connectivity index (χ1) is 52.6. The van der Waals surface area contributed by atoms with Crippen molar-refractivity contribution in [2.24, 2.45) is 50.4 Å². The number of nitrogens with one attached hydrogen (secondary N) is 2. The number of terminal acetylenes is 3. The van der Waals surface area contributed by atoms with Crippen LogP contribution in [0.25, 0.3) is 0 Å². The summed E-state index contributed by atoms with van der Waals surface area (Å²) >= 11 is 0. The Morgan fingerprint density at radius 2 is 0.941 bits per heavy atom. The fraction of sp³-hybridized carbons (Fsp3) is 0.667. The van der Waals surface area contributed by atoms with Gasteiger partial charge in [0.05, 0.1) is 18.0 Å². The van der Waals surface area contributed by atoms with E-state index in [0.717, 1.165) is 56.0 Å². The molecule has 1 saturated carbocycles. The summed E-state index contributed by atoms with van der Waals surface area (Å²) in [5.41, 5.74) is 8.29. The topological polar surface area (TPSA) is 323 Å². The van der Waals surface area contributed by atoms with E-state index in [1.54, 1.807) is 53.7 Å². The molecule has 6 amide bonds. The number of hydrogen-bond donors (Lipinski definition) is 4. The maximum absolute atomic E-state index is 12.7. The van der Waals surface area contributed by atoms with Gasteiger partial charge in [0.15, 0.2) is 15.6 Å². The number of ether oxygens (including phenoxy) is 2. The lowest BCUT2D eigenvalue weighted by Gasteiger charge is -2.36. The third-order valence-corrected chi connectivity index (χ3v) is 16.8. The summed E-state index contributed by atoms with van der Waals surface area (Å²) < 4.78 is 68.6. The zero-order valence-corrected chi connectivity index (χ0v) is 80.2. The highest BCUT2D eigenvalue weighted by molar-refractivity contribution is 7.95. The minimum atomic E-state index is -3.07. The van der Waals surface area contributed by atoms with Crippen molar-refractivity contribution in [2.75, 3.05) is 26.3 Å². The molecule has 2 heterocycles.